The Morgan fingerprint density at radius 3 is 2.79 bits per heavy atom. The number of amides is 3. The molecule has 7 nitrogen and oxygen atoms in total. The third kappa shape index (κ3) is 5.64. The molecular formula is C20H27N3O4S. The number of benzene rings is 1. The molecule has 0 spiro atoms. The van der Waals surface area contributed by atoms with E-state index in [1.807, 2.05) is 24.3 Å². The molecule has 28 heavy (non-hydrogen) atoms. The highest BCUT2D eigenvalue weighted by molar-refractivity contribution is 8.00. The highest BCUT2D eigenvalue weighted by Gasteiger charge is 2.31. The van der Waals surface area contributed by atoms with E-state index in [-0.39, 0.29) is 36.2 Å². The fourth-order valence-corrected chi connectivity index (χ4v) is 4.43. The zero-order valence-electron chi connectivity index (χ0n) is 16.1. The van der Waals surface area contributed by atoms with Crippen LogP contribution < -0.4 is 15.4 Å². The lowest BCUT2D eigenvalue weighted by atomic mass is 9.85. The normalized spacial score (nSPS) is 22.3. The maximum absolute atomic E-state index is 12.6. The average molecular weight is 406 g/mol. The zero-order valence-corrected chi connectivity index (χ0v) is 16.9. The molecule has 0 unspecified atom stereocenters. The van der Waals surface area contributed by atoms with Crippen molar-refractivity contribution in [2.45, 2.75) is 36.6 Å². The first kappa shape index (κ1) is 20.5. The number of hydrogen-bond acceptors (Lipinski definition) is 5. The molecule has 152 valence electrons. The maximum atomic E-state index is 12.6. The number of rotatable bonds is 6. The zero-order chi connectivity index (χ0) is 19.9. The fourth-order valence-electron chi connectivity index (χ4n) is 3.68. The fraction of sp³-hybridized carbons (Fsp3) is 0.550. The van der Waals surface area contributed by atoms with E-state index in [0.29, 0.717) is 18.8 Å². The molecule has 1 saturated carbocycles. The van der Waals surface area contributed by atoms with Gasteiger partial charge in [0.25, 0.3) is 0 Å². The van der Waals surface area contributed by atoms with Crippen LogP contribution in [0.5, 0.6) is 5.75 Å². The Morgan fingerprint density at radius 1 is 1.29 bits per heavy atom. The molecule has 0 bridgehead atoms. The van der Waals surface area contributed by atoms with Gasteiger partial charge in [-0.3, -0.25) is 14.4 Å². The lowest BCUT2D eigenvalue weighted by Crippen LogP contribution is -2.52. The SMILES string of the molecule is COc1cccc(SCC(=O)NC2CCC(C(=O)N3CCNC(=O)C3)CC2)c1. The lowest BCUT2D eigenvalue weighted by Gasteiger charge is -2.34. The molecule has 0 atom stereocenters. The van der Waals surface area contributed by atoms with E-state index in [2.05, 4.69) is 10.6 Å². The topological polar surface area (TPSA) is 87.7 Å². The highest BCUT2D eigenvalue weighted by Crippen LogP contribution is 2.27. The minimum atomic E-state index is -0.0888. The van der Waals surface area contributed by atoms with Crippen molar-refractivity contribution in [3.05, 3.63) is 24.3 Å². The third-order valence-electron chi connectivity index (χ3n) is 5.20. The molecule has 1 aliphatic carbocycles. The van der Waals surface area contributed by atoms with Crippen molar-refractivity contribution >= 4 is 29.5 Å². The van der Waals surface area contributed by atoms with Gasteiger partial charge in [-0.15, -0.1) is 11.8 Å². The standard InChI is InChI=1S/C20H27N3O4S/c1-27-16-3-2-4-17(11-16)28-13-19(25)22-15-7-5-14(6-8-15)20(26)23-10-9-21-18(24)12-23/h2-4,11,14-15H,5-10,12-13H2,1H3,(H,21,24)(H,22,25). The van der Waals surface area contributed by atoms with Crippen LogP contribution in [0.1, 0.15) is 25.7 Å². The highest BCUT2D eigenvalue weighted by atomic mass is 32.2. The summed E-state index contributed by atoms with van der Waals surface area (Å²) in [5, 5.41) is 5.82. The van der Waals surface area contributed by atoms with E-state index in [1.54, 1.807) is 12.0 Å². The summed E-state index contributed by atoms with van der Waals surface area (Å²) < 4.78 is 5.20. The summed E-state index contributed by atoms with van der Waals surface area (Å²) in [6.07, 6.45) is 3.11. The summed E-state index contributed by atoms with van der Waals surface area (Å²) in [4.78, 5) is 39.0. The summed E-state index contributed by atoms with van der Waals surface area (Å²) in [5.74, 6) is 1.09. The largest absolute Gasteiger partial charge is 0.497 e. The van der Waals surface area contributed by atoms with Gasteiger partial charge in [-0.05, 0) is 43.9 Å². The van der Waals surface area contributed by atoms with Crippen molar-refractivity contribution in [2.24, 2.45) is 5.92 Å². The number of thioether (sulfide) groups is 1. The van der Waals surface area contributed by atoms with Crippen molar-refractivity contribution in [3.63, 3.8) is 0 Å². The van der Waals surface area contributed by atoms with Gasteiger partial charge in [-0.25, -0.2) is 0 Å². The van der Waals surface area contributed by atoms with Crippen molar-refractivity contribution in [3.8, 4) is 5.75 Å². The van der Waals surface area contributed by atoms with Gasteiger partial charge in [0.2, 0.25) is 17.7 Å². The van der Waals surface area contributed by atoms with Crippen LogP contribution in [0.4, 0.5) is 0 Å². The van der Waals surface area contributed by atoms with Gasteiger partial charge in [0, 0.05) is 29.9 Å². The molecule has 3 amide bonds. The number of piperazine rings is 1. The second-order valence-electron chi connectivity index (χ2n) is 7.19. The molecule has 2 aliphatic rings. The Morgan fingerprint density at radius 2 is 2.07 bits per heavy atom. The molecule has 1 heterocycles. The van der Waals surface area contributed by atoms with Crippen LogP contribution in [0.2, 0.25) is 0 Å². The summed E-state index contributed by atoms with van der Waals surface area (Å²) >= 11 is 1.48. The molecule has 1 aliphatic heterocycles. The van der Waals surface area contributed by atoms with Crippen molar-refractivity contribution in [1.82, 2.24) is 15.5 Å². The van der Waals surface area contributed by atoms with Gasteiger partial charge in [0.15, 0.2) is 0 Å². The monoisotopic (exact) mass is 405 g/mol. The Bertz CT molecular complexity index is 719. The predicted octanol–water partition coefficient (Wildman–Crippen LogP) is 1.42. The molecule has 1 aromatic rings. The van der Waals surface area contributed by atoms with Crippen LogP contribution in [0.3, 0.4) is 0 Å². The predicted molar refractivity (Wildman–Crippen MR) is 107 cm³/mol. The van der Waals surface area contributed by atoms with E-state index < -0.39 is 0 Å². The van der Waals surface area contributed by atoms with Crippen LogP contribution in [0, 0.1) is 5.92 Å². The van der Waals surface area contributed by atoms with Crippen LogP contribution in [0.15, 0.2) is 29.2 Å². The molecule has 3 rings (SSSR count). The molecule has 1 saturated heterocycles. The van der Waals surface area contributed by atoms with Crippen LogP contribution in [-0.4, -0.2) is 61.2 Å². The van der Waals surface area contributed by atoms with Gasteiger partial charge in [-0.1, -0.05) is 6.07 Å². The van der Waals surface area contributed by atoms with E-state index >= 15 is 0 Å². The quantitative estimate of drug-likeness (QED) is 0.699. The number of ether oxygens (including phenoxy) is 1. The first-order chi connectivity index (χ1) is 13.5. The number of carbonyl (C=O) groups excluding carboxylic acids is 3. The Balaban J connectivity index is 1.39. The Labute approximate surface area is 169 Å². The van der Waals surface area contributed by atoms with Gasteiger partial charge in [0.05, 0.1) is 19.4 Å². The maximum Gasteiger partial charge on any atom is 0.239 e. The minimum absolute atomic E-state index is 0.00954. The number of carbonyl (C=O) groups is 3. The second-order valence-corrected chi connectivity index (χ2v) is 8.24. The summed E-state index contributed by atoms with van der Waals surface area (Å²) in [6, 6.07) is 7.77. The van der Waals surface area contributed by atoms with E-state index in [0.717, 1.165) is 36.3 Å². The summed E-state index contributed by atoms with van der Waals surface area (Å²) in [6.45, 7) is 1.28. The smallest absolute Gasteiger partial charge is 0.239 e. The third-order valence-corrected chi connectivity index (χ3v) is 6.20. The molecule has 0 aromatic heterocycles. The van der Waals surface area contributed by atoms with Gasteiger partial charge in [0.1, 0.15) is 5.75 Å². The summed E-state index contributed by atoms with van der Waals surface area (Å²) in [5.41, 5.74) is 0. The first-order valence-corrected chi connectivity index (χ1v) is 10.7. The van der Waals surface area contributed by atoms with Gasteiger partial charge in [-0.2, -0.15) is 0 Å². The number of nitrogens with zero attached hydrogens (tertiary/aromatic N) is 1. The molecular weight excluding hydrogens is 378 g/mol. The number of methoxy groups -OCH3 is 1. The average Bonchev–Trinajstić information content (AvgIpc) is 2.72. The van der Waals surface area contributed by atoms with E-state index in [9.17, 15) is 14.4 Å². The molecule has 2 N–H and O–H groups in total. The molecule has 8 heteroatoms. The second kappa shape index (κ2) is 9.82. The van der Waals surface area contributed by atoms with E-state index in [1.165, 1.54) is 11.8 Å². The van der Waals surface area contributed by atoms with Crippen LogP contribution in [-0.2, 0) is 14.4 Å². The Kier molecular flexibility index (Phi) is 7.19. The van der Waals surface area contributed by atoms with Crippen molar-refractivity contribution in [2.75, 3.05) is 32.5 Å². The number of hydrogen-bond donors (Lipinski definition) is 2. The number of nitrogens with one attached hydrogen (secondary N) is 2. The van der Waals surface area contributed by atoms with Gasteiger partial charge >= 0.3 is 0 Å². The van der Waals surface area contributed by atoms with Crippen molar-refractivity contribution in [1.29, 1.82) is 0 Å². The van der Waals surface area contributed by atoms with Crippen molar-refractivity contribution < 1.29 is 19.1 Å². The molecule has 0 radical (unpaired) electrons. The first-order valence-electron chi connectivity index (χ1n) is 9.67. The molecule has 2 fully saturated rings. The van der Waals surface area contributed by atoms with E-state index in [4.69, 9.17) is 4.74 Å². The minimum Gasteiger partial charge on any atom is -0.497 e. The van der Waals surface area contributed by atoms with Crippen LogP contribution in [0.25, 0.3) is 0 Å². The lowest BCUT2D eigenvalue weighted by molar-refractivity contribution is -0.142. The van der Waals surface area contributed by atoms with Crippen LogP contribution >= 0.6 is 11.8 Å². The summed E-state index contributed by atoms with van der Waals surface area (Å²) in [7, 11) is 1.62. The Hall–Kier alpha value is -2.22. The van der Waals surface area contributed by atoms with Gasteiger partial charge < -0.3 is 20.3 Å². The molecule has 1 aromatic carbocycles.